The fourth-order valence-corrected chi connectivity index (χ4v) is 5.36. The molecular formula is C30H42N2O8S. The minimum absolute atomic E-state index is 0.0427. The van der Waals surface area contributed by atoms with Crippen LogP contribution in [0.5, 0.6) is 23.0 Å². The van der Waals surface area contributed by atoms with Gasteiger partial charge in [0.2, 0.25) is 10.0 Å². The Bertz CT molecular complexity index is 1340. The number of ether oxygens (including phenoxy) is 3. The average molecular weight is 591 g/mol. The van der Waals surface area contributed by atoms with E-state index in [1.54, 1.807) is 42.2 Å². The minimum Gasteiger partial charge on any atom is -0.507 e. The van der Waals surface area contributed by atoms with E-state index in [1.165, 1.54) is 17.7 Å². The molecule has 1 fully saturated rings. The zero-order chi connectivity index (χ0) is 30.4. The highest BCUT2D eigenvalue weighted by Gasteiger charge is 2.27. The Labute approximate surface area is 243 Å². The SMILES string of the molecule is COc1ccc(C(=O)N2CCN(S(C)(=O)=O)CC2)cc1OCCCCOc1ccc(C(=O)CC(C)(C)C)c(O)c1C. The molecule has 0 radical (unpaired) electrons. The maximum Gasteiger partial charge on any atom is 0.254 e. The van der Waals surface area contributed by atoms with Crippen molar-refractivity contribution in [2.45, 2.75) is 47.0 Å². The van der Waals surface area contributed by atoms with Crippen LogP contribution in [0.3, 0.4) is 0 Å². The quantitative estimate of drug-likeness (QED) is 0.287. The van der Waals surface area contributed by atoms with Gasteiger partial charge in [0.25, 0.3) is 5.91 Å². The Kier molecular flexibility index (Phi) is 10.7. The van der Waals surface area contributed by atoms with E-state index in [4.69, 9.17) is 14.2 Å². The van der Waals surface area contributed by atoms with Crippen molar-refractivity contribution >= 4 is 21.7 Å². The number of aromatic hydroxyl groups is 1. The summed E-state index contributed by atoms with van der Waals surface area (Å²) in [5.74, 6) is 1.15. The van der Waals surface area contributed by atoms with Gasteiger partial charge in [-0.3, -0.25) is 9.59 Å². The van der Waals surface area contributed by atoms with Crippen LogP contribution in [0.2, 0.25) is 0 Å². The minimum atomic E-state index is -3.28. The number of carbonyl (C=O) groups is 2. The second-order valence-corrected chi connectivity index (χ2v) is 13.5. The second kappa shape index (κ2) is 13.6. The van der Waals surface area contributed by atoms with Gasteiger partial charge in [0.05, 0.1) is 32.1 Å². The number of amides is 1. The number of benzene rings is 2. The number of rotatable bonds is 12. The van der Waals surface area contributed by atoms with E-state index in [0.29, 0.717) is 79.5 Å². The topological polar surface area (TPSA) is 123 Å². The molecular weight excluding hydrogens is 548 g/mol. The molecule has 1 heterocycles. The van der Waals surface area contributed by atoms with Crippen LogP contribution in [0.15, 0.2) is 30.3 Å². The lowest BCUT2D eigenvalue weighted by atomic mass is 9.87. The third kappa shape index (κ3) is 8.84. The largest absolute Gasteiger partial charge is 0.507 e. The monoisotopic (exact) mass is 590 g/mol. The predicted octanol–water partition coefficient (Wildman–Crippen LogP) is 4.28. The predicted molar refractivity (Wildman–Crippen MR) is 157 cm³/mol. The van der Waals surface area contributed by atoms with Crippen LogP contribution in [0, 0.1) is 12.3 Å². The highest BCUT2D eigenvalue weighted by molar-refractivity contribution is 7.88. The van der Waals surface area contributed by atoms with Crippen molar-refractivity contribution in [2.75, 3.05) is 52.8 Å². The molecule has 1 N–H and O–H groups in total. The van der Waals surface area contributed by atoms with Crippen molar-refractivity contribution < 1.29 is 37.3 Å². The lowest BCUT2D eigenvalue weighted by Crippen LogP contribution is -2.50. The number of sulfonamides is 1. The van der Waals surface area contributed by atoms with Crippen LogP contribution in [0.25, 0.3) is 0 Å². The lowest BCUT2D eigenvalue weighted by molar-refractivity contribution is 0.0697. The fourth-order valence-electron chi connectivity index (χ4n) is 4.54. The smallest absolute Gasteiger partial charge is 0.254 e. The van der Waals surface area contributed by atoms with Gasteiger partial charge in [-0.1, -0.05) is 20.8 Å². The zero-order valence-electron chi connectivity index (χ0n) is 24.9. The number of phenolic OH excluding ortho intramolecular Hbond substituents is 1. The molecule has 3 rings (SSSR count). The van der Waals surface area contributed by atoms with Crippen LogP contribution in [-0.2, 0) is 10.0 Å². The van der Waals surface area contributed by atoms with Crippen molar-refractivity contribution in [1.82, 2.24) is 9.21 Å². The molecule has 1 aliphatic rings. The Hall–Kier alpha value is -3.31. The van der Waals surface area contributed by atoms with Crippen molar-refractivity contribution in [2.24, 2.45) is 5.41 Å². The number of carbonyl (C=O) groups excluding carboxylic acids is 2. The van der Waals surface area contributed by atoms with Crippen molar-refractivity contribution in [3.8, 4) is 23.0 Å². The number of piperazine rings is 1. The first-order chi connectivity index (χ1) is 19.2. The summed E-state index contributed by atoms with van der Waals surface area (Å²) in [7, 11) is -1.75. The summed E-state index contributed by atoms with van der Waals surface area (Å²) in [5, 5.41) is 10.6. The summed E-state index contributed by atoms with van der Waals surface area (Å²) in [6, 6.07) is 8.33. The van der Waals surface area contributed by atoms with E-state index >= 15 is 0 Å². The molecule has 0 aromatic heterocycles. The van der Waals surface area contributed by atoms with Gasteiger partial charge in [0, 0.05) is 43.7 Å². The molecule has 0 unspecified atom stereocenters. The van der Waals surface area contributed by atoms with Crippen LogP contribution >= 0.6 is 0 Å². The normalized spacial score (nSPS) is 14.5. The first-order valence-electron chi connectivity index (χ1n) is 13.7. The Morgan fingerprint density at radius 1 is 0.927 bits per heavy atom. The molecule has 11 heteroatoms. The number of methoxy groups -OCH3 is 1. The number of hydrogen-bond donors (Lipinski definition) is 1. The molecule has 0 bridgehead atoms. The molecule has 226 valence electrons. The van der Waals surface area contributed by atoms with Gasteiger partial charge < -0.3 is 24.2 Å². The molecule has 0 spiro atoms. The first kappa shape index (κ1) is 32.2. The Balaban J connectivity index is 1.50. The molecule has 1 amide bonds. The van der Waals surface area contributed by atoms with E-state index in [-0.39, 0.29) is 35.9 Å². The molecule has 2 aromatic carbocycles. The van der Waals surface area contributed by atoms with Gasteiger partial charge in [-0.25, -0.2) is 8.42 Å². The van der Waals surface area contributed by atoms with Gasteiger partial charge in [-0.2, -0.15) is 4.31 Å². The maximum atomic E-state index is 13.0. The van der Waals surface area contributed by atoms with E-state index in [0.717, 1.165) is 0 Å². The molecule has 0 atom stereocenters. The van der Waals surface area contributed by atoms with E-state index in [9.17, 15) is 23.1 Å². The van der Waals surface area contributed by atoms with Gasteiger partial charge in [0.15, 0.2) is 17.3 Å². The Morgan fingerprint density at radius 3 is 2.07 bits per heavy atom. The summed E-state index contributed by atoms with van der Waals surface area (Å²) < 4.78 is 42.0. The highest BCUT2D eigenvalue weighted by Crippen LogP contribution is 2.33. The average Bonchev–Trinajstić information content (AvgIpc) is 2.90. The summed E-state index contributed by atoms with van der Waals surface area (Å²) in [6.45, 7) is 9.62. The van der Waals surface area contributed by atoms with E-state index < -0.39 is 10.0 Å². The van der Waals surface area contributed by atoms with Crippen molar-refractivity contribution in [1.29, 1.82) is 0 Å². The van der Waals surface area contributed by atoms with Crippen molar-refractivity contribution in [3.05, 3.63) is 47.0 Å². The van der Waals surface area contributed by atoms with Gasteiger partial charge >= 0.3 is 0 Å². The summed E-state index contributed by atoms with van der Waals surface area (Å²) >= 11 is 0. The van der Waals surface area contributed by atoms with Crippen LogP contribution in [-0.4, -0.2) is 87.2 Å². The van der Waals surface area contributed by atoms with Gasteiger partial charge in [-0.05, 0) is 55.5 Å². The van der Waals surface area contributed by atoms with E-state index in [2.05, 4.69) is 0 Å². The van der Waals surface area contributed by atoms with Gasteiger partial charge in [-0.15, -0.1) is 0 Å². The molecule has 41 heavy (non-hydrogen) atoms. The fraction of sp³-hybridized carbons (Fsp3) is 0.533. The third-order valence-electron chi connectivity index (χ3n) is 6.83. The first-order valence-corrected chi connectivity index (χ1v) is 15.6. The lowest BCUT2D eigenvalue weighted by Gasteiger charge is -2.33. The number of unbranched alkanes of at least 4 members (excludes halogenated alkanes) is 1. The standard InChI is InChI=1S/C30H42N2O8S/c1-21-25(12-10-23(28(21)34)24(33)20-30(2,3)4)39-17-7-8-18-40-27-19-22(9-11-26(27)38-5)29(35)31-13-15-32(16-14-31)41(6,36)37/h9-12,19,34H,7-8,13-18,20H2,1-6H3. The number of hydrogen-bond acceptors (Lipinski definition) is 8. The van der Waals surface area contributed by atoms with Crippen LogP contribution in [0.4, 0.5) is 0 Å². The number of ketones is 1. The molecule has 1 saturated heterocycles. The number of Topliss-reactive ketones (excluding diaryl/α,β-unsaturated/α-hetero) is 1. The second-order valence-electron chi connectivity index (χ2n) is 11.5. The maximum absolute atomic E-state index is 13.0. The molecule has 0 saturated carbocycles. The highest BCUT2D eigenvalue weighted by atomic mass is 32.2. The number of phenols is 1. The molecule has 1 aliphatic heterocycles. The van der Waals surface area contributed by atoms with E-state index in [1.807, 2.05) is 20.8 Å². The number of nitrogens with zero attached hydrogens (tertiary/aromatic N) is 2. The third-order valence-corrected chi connectivity index (χ3v) is 8.14. The van der Waals surface area contributed by atoms with Crippen molar-refractivity contribution in [3.63, 3.8) is 0 Å². The molecule has 0 aliphatic carbocycles. The summed E-state index contributed by atoms with van der Waals surface area (Å²) in [4.78, 5) is 27.2. The van der Waals surface area contributed by atoms with Crippen LogP contribution in [0.1, 0.15) is 66.3 Å². The summed E-state index contributed by atoms with van der Waals surface area (Å²) in [5.41, 5.74) is 1.11. The zero-order valence-corrected chi connectivity index (χ0v) is 25.7. The molecule has 2 aromatic rings. The Morgan fingerprint density at radius 2 is 1.51 bits per heavy atom. The summed E-state index contributed by atoms with van der Waals surface area (Å²) in [6.07, 6.45) is 2.85. The van der Waals surface area contributed by atoms with Gasteiger partial charge in [0.1, 0.15) is 11.5 Å². The molecule has 10 nitrogen and oxygen atoms in total. The van der Waals surface area contributed by atoms with Crippen LogP contribution < -0.4 is 14.2 Å².